The highest BCUT2D eigenvalue weighted by molar-refractivity contribution is 7.21. The number of rotatable bonds is 4. The molecule has 0 amide bonds. The number of fused-ring (bicyclic) bond motifs is 2. The van der Waals surface area contributed by atoms with E-state index in [1.54, 1.807) is 18.3 Å². The number of aromatic hydroxyl groups is 1. The molecule has 0 spiro atoms. The maximum atomic E-state index is 12.5. The standard InChI is InChI=1S/C21H23NO2S/c1-12(2)8-7-9-13(3)17-18-21(14(4)19(23)20(17)24)25-16-11-6-5-10-15(16)22-18/h5-6,8,10-11,13,24H,7,9H2,1-4H3/t13-/m1/s1. The van der Waals surface area contributed by atoms with Crippen LogP contribution in [0.2, 0.25) is 0 Å². The Morgan fingerprint density at radius 1 is 1.32 bits per heavy atom. The largest absolute Gasteiger partial charge is 0.504 e. The molecular weight excluding hydrogens is 330 g/mol. The minimum absolute atomic E-state index is 0.0623. The van der Waals surface area contributed by atoms with Crippen molar-refractivity contribution in [1.29, 1.82) is 0 Å². The Labute approximate surface area is 152 Å². The van der Waals surface area contributed by atoms with Gasteiger partial charge >= 0.3 is 0 Å². The van der Waals surface area contributed by atoms with Crippen molar-refractivity contribution in [3.05, 3.63) is 57.3 Å². The molecule has 1 aromatic rings. The average molecular weight is 353 g/mol. The summed E-state index contributed by atoms with van der Waals surface area (Å²) >= 11 is 1.58. The van der Waals surface area contributed by atoms with Gasteiger partial charge in [-0.1, -0.05) is 30.7 Å². The molecule has 1 heterocycles. The van der Waals surface area contributed by atoms with Crippen molar-refractivity contribution in [2.24, 2.45) is 0 Å². The third-order valence-corrected chi connectivity index (χ3v) is 5.84. The van der Waals surface area contributed by atoms with Crippen molar-refractivity contribution < 1.29 is 5.11 Å². The average Bonchev–Trinajstić information content (AvgIpc) is 2.58. The van der Waals surface area contributed by atoms with E-state index >= 15 is 0 Å². The molecule has 3 rings (SSSR count). The molecule has 0 saturated carbocycles. The number of hydrogen-bond donors (Lipinski definition) is 1. The molecule has 2 aliphatic rings. The molecule has 1 aromatic carbocycles. The summed E-state index contributed by atoms with van der Waals surface area (Å²) in [5.74, 6) is -0.0723. The molecule has 0 saturated heterocycles. The number of phenolic OH excluding ortho intramolecular Hbond substituents is 1. The van der Waals surface area contributed by atoms with E-state index < -0.39 is 0 Å². The second-order valence-corrected chi connectivity index (χ2v) is 7.89. The molecule has 0 fully saturated rings. The highest BCUT2D eigenvalue weighted by Crippen LogP contribution is 2.41. The van der Waals surface area contributed by atoms with Crippen LogP contribution in [-0.4, -0.2) is 10.1 Å². The van der Waals surface area contributed by atoms with Gasteiger partial charge in [0.1, 0.15) is 0 Å². The summed E-state index contributed by atoms with van der Waals surface area (Å²) in [7, 11) is 0. The molecule has 130 valence electrons. The van der Waals surface area contributed by atoms with Gasteiger partial charge in [-0.15, -0.1) is 11.3 Å². The van der Waals surface area contributed by atoms with Crippen molar-refractivity contribution in [3.8, 4) is 16.3 Å². The molecular formula is C21H23NO2S. The zero-order valence-corrected chi connectivity index (χ0v) is 15.9. The first-order valence-corrected chi connectivity index (χ1v) is 9.40. The number of aromatic nitrogens is 1. The first kappa shape index (κ1) is 17.6. The van der Waals surface area contributed by atoms with Gasteiger partial charge in [-0.2, -0.15) is 0 Å². The number of hydrogen-bond acceptors (Lipinski definition) is 4. The van der Waals surface area contributed by atoms with Crippen molar-refractivity contribution in [3.63, 3.8) is 0 Å². The molecule has 0 radical (unpaired) electrons. The van der Waals surface area contributed by atoms with Crippen LogP contribution in [0.25, 0.3) is 20.8 Å². The van der Waals surface area contributed by atoms with Crippen molar-refractivity contribution >= 4 is 21.6 Å². The molecule has 1 aliphatic carbocycles. The molecule has 3 nitrogen and oxygen atoms in total. The molecule has 1 N–H and O–H groups in total. The van der Waals surface area contributed by atoms with E-state index in [0.29, 0.717) is 11.1 Å². The highest BCUT2D eigenvalue weighted by Gasteiger charge is 2.25. The van der Waals surface area contributed by atoms with Gasteiger partial charge in [0.15, 0.2) is 5.75 Å². The molecule has 0 aromatic heterocycles. The lowest BCUT2D eigenvalue weighted by molar-refractivity contribution is 0.455. The Balaban J connectivity index is 2.21. The van der Waals surface area contributed by atoms with Crippen LogP contribution in [0.4, 0.5) is 0 Å². The topological polar surface area (TPSA) is 50.2 Å². The second kappa shape index (κ2) is 6.96. The minimum Gasteiger partial charge on any atom is -0.504 e. The Hall–Kier alpha value is -2.20. The van der Waals surface area contributed by atoms with Gasteiger partial charge in [-0.05, 0) is 51.7 Å². The fourth-order valence-electron chi connectivity index (χ4n) is 3.15. The number of benzene rings is 2. The van der Waals surface area contributed by atoms with Gasteiger partial charge in [-0.3, -0.25) is 4.79 Å². The third kappa shape index (κ3) is 3.31. The van der Waals surface area contributed by atoms with E-state index in [9.17, 15) is 9.90 Å². The SMILES string of the molecule is CC(C)=CCC[C@@H](C)c1c2nc3ccccc3sc-2c(C)c(=O)c1O. The maximum Gasteiger partial charge on any atom is 0.224 e. The van der Waals surface area contributed by atoms with Crippen LogP contribution in [0.1, 0.15) is 50.7 Å². The molecule has 4 heteroatoms. The lowest BCUT2D eigenvalue weighted by Gasteiger charge is -2.19. The van der Waals surface area contributed by atoms with Gasteiger partial charge < -0.3 is 5.11 Å². The van der Waals surface area contributed by atoms with E-state index in [0.717, 1.165) is 33.6 Å². The Kier molecular flexibility index (Phi) is 4.91. The first-order chi connectivity index (χ1) is 11.9. The van der Waals surface area contributed by atoms with Crippen LogP contribution in [0, 0.1) is 6.92 Å². The van der Waals surface area contributed by atoms with Crippen LogP contribution in [-0.2, 0) is 0 Å². The number of nitrogens with zero attached hydrogens (tertiary/aromatic N) is 1. The van der Waals surface area contributed by atoms with E-state index in [-0.39, 0.29) is 17.1 Å². The molecule has 1 atom stereocenters. The van der Waals surface area contributed by atoms with Crippen LogP contribution in [0.5, 0.6) is 5.75 Å². The fraction of sp³-hybridized carbons (Fsp3) is 0.333. The second-order valence-electron chi connectivity index (χ2n) is 6.84. The van der Waals surface area contributed by atoms with Gasteiger partial charge in [0.2, 0.25) is 5.43 Å². The predicted octanol–water partition coefficient (Wildman–Crippen LogP) is 5.63. The molecule has 0 bridgehead atoms. The van der Waals surface area contributed by atoms with Gasteiger partial charge in [-0.25, -0.2) is 4.98 Å². The smallest absolute Gasteiger partial charge is 0.224 e. The summed E-state index contributed by atoms with van der Waals surface area (Å²) in [6.07, 6.45) is 3.98. The van der Waals surface area contributed by atoms with Crippen LogP contribution in [0.3, 0.4) is 0 Å². The normalized spacial score (nSPS) is 12.5. The lowest BCUT2D eigenvalue weighted by Crippen LogP contribution is -2.13. The predicted molar refractivity (Wildman–Crippen MR) is 106 cm³/mol. The number of phenols is 1. The van der Waals surface area contributed by atoms with Gasteiger partial charge in [0.05, 0.1) is 20.8 Å². The fourth-order valence-corrected chi connectivity index (χ4v) is 4.23. The van der Waals surface area contributed by atoms with Crippen LogP contribution < -0.4 is 5.43 Å². The monoisotopic (exact) mass is 353 g/mol. The zero-order valence-electron chi connectivity index (χ0n) is 15.1. The Bertz CT molecular complexity index is 983. The quantitative estimate of drug-likeness (QED) is 0.489. The third-order valence-electron chi connectivity index (χ3n) is 4.58. The summed E-state index contributed by atoms with van der Waals surface area (Å²) in [5.41, 5.74) is 3.94. The van der Waals surface area contributed by atoms with E-state index in [2.05, 4.69) is 26.8 Å². The number of para-hydroxylation sites is 1. The van der Waals surface area contributed by atoms with E-state index in [4.69, 9.17) is 4.98 Å². The number of allylic oxidation sites excluding steroid dienone is 2. The molecule has 25 heavy (non-hydrogen) atoms. The van der Waals surface area contributed by atoms with Crippen molar-refractivity contribution in [2.45, 2.75) is 46.5 Å². The van der Waals surface area contributed by atoms with E-state index in [1.807, 2.05) is 24.3 Å². The first-order valence-electron chi connectivity index (χ1n) is 8.58. The van der Waals surface area contributed by atoms with Gasteiger partial charge in [0, 0.05) is 11.1 Å². The summed E-state index contributed by atoms with van der Waals surface area (Å²) in [5, 5.41) is 10.6. The van der Waals surface area contributed by atoms with Crippen molar-refractivity contribution in [2.75, 3.05) is 0 Å². The summed E-state index contributed by atoms with van der Waals surface area (Å²) < 4.78 is 1.05. The maximum absolute atomic E-state index is 12.5. The summed E-state index contributed by atoms with van der Waals surface area (Å²) in [6, 6.07) is 7.92. The Morgan fingerprint density at radius 2 is 2.04 bits per heavy atom. The minimum atomic E-state index is -0.273. The van der Waals surface area contributed by atoms with Crippen LogP contribution >= 0.6 is 11.3 Å². The molecule has 0 unspecified atom stereocenters. The van der Waals surface area contributed by atoms with Crippen molar-refractivity contribution in [1.82, 2.24) is 4.98 Å². The molecule has 1 aliphatic heterocycles. The summed E-state index contributed by atoms with van der Waals surface area (Å²) in [4.78, 5) is 18.2. The van der Waals surface area contributed by atoms with Crippen LogP contribution in [0.15, 0.2) is 40.7 Å². The zero-order chi connectivity index (χ0) is 18.1. The highest BCUT2D eigenvalue weighted by atomic mass is 32.1. The van der Waals surface area contributed by atoms with Gasteiger partial charge in [0.25, 0.3) is 0 Å². The summed E-state index contributed by atoms with van der Waals surface area (Å²) in [6.45, 7) is 7.99. The van der Waals surface area contributed by atoms with E-state index in [1.165, 1.54) is 5.57 Å². The Morgan fingerprint density at radius 3 is 2.76 bits per heavy atom. The lowest BCUT2D eigenvalue weighted by atomic mass is 9.90.